The number of rotatable bonds is 46. The molecule has 0 N–H and O–H groups in total. The Morgan fingerprint density at radius 1 is 0.477 bits per heavy atom. The second-order valence-electron chi connectivity index (χ2n) is 18.4. The molecule has 8 heteroatoms. The molecular formula is C57H97NO7. The first kappa shape index (κ1) is 61.5. The largest absolute Gasteiger partial charge is 0.544 e. The van der Waals surface area contributed by atoms with Gasteiger partial charge in [-0.25, -0.2) is 0 Å². The van der Waals surface area contributed by atoms with Gasteiger partial charge in [0.05, 0.1) is 40.3 Å². The molecule has 0 aromatic heterocycles. The second kappa shape index (κ2) is 47.0. The minimum absolute atomic E-state index is 0.0250. The minimum Gasteiger partial charge on any atom is -0.544 e. The zero-order chi connectivity index (χ0) is 47.7. The van der Waals surface area contributed by atoms with Gasteiger partial charge in [0, 0.05) is 19.3 Å². The summed E-state index contributed by atoms with van der Waals surface area (Å²) >= 11 is 0. The quantitative estimate of drug-likeness (QED) is 0.0259. The van der Waals surface area contributed by atoms with Crippen LogP contribution in [0.1, 0.15) is 206 Å². The van der Waals surface area contributed by atoms with Gasteiger partial charge in [0.1, 0.15) is 12.6 Å². The number of quaternary nitrogens is 1. The molecule has 372 valence electrons. The number of allylic oxidation sites excluding steroid dienone is 14. The van der Waals surface area contributed by atoms with Crippen molar-refractivity contribution >= 4 is 17.9 Å². The van der Waals surface area contributed by atoms with E-state index in [2.05, 4.69) is 98.9 Å². The third-order valence-corrected chi connectivity index (χ3v) is 11.3. The van der Waals surface area contributed by atoms with Crippen LogP contribution in [-0.4, -0.2) is 75.5 Å². The molecule has 0 aliphatic carbocycles. The summed E-state index contributed by atoms with van der Waals surface area (Å²) in [5.41, 5.74) is 0. The average molecular weight is 908 g/mol. The maximum Gasteiger partial charge on any atom is 0.306 e. The van der Waals surface area contributed by atoms with Crippen LogP contribution in [0.2, 0.25) is 0 Å². The summed E-state index contributed by atoms with van der Waals surface area (Å²) in [5, 5.41) is 11.7. The molecule has 2 unspecified atom stereocenters. The van der Waals surface area contributed by atoms with Gasteiger partial charge in [0.15, 0.2) is 6.10 Å². The van der Waals surface area contributed by atoms with Crippen molar-refractivity contribution in [1.82, 2.24) is 0 Å². The third kappa shape index (κ3) is 45.5. The number of hydrogen-bond donors (Lipinski definition) is 0. The number of likely N-dealkylation sites (N-methyl/N-ethyl adjacent to an activating group) is 1. The zero-order valence-electron chi connectivity index (χ0n) is 42.4. The van der Waals surface area contributed by atoms with E-state index in [1.165, 1.54) is 70.6 Å². The van der Waals surface area contributed by atoms with E-state index in [4.69, 9.17) is 14.2 Å². The molecule has 2 atom stereocenters. The fourth-order valence-electron chi connectivity index (χ4n) is 7.25. The molecule has 0 saturated heterocycles. The molecule has 0 aromatic rings. The van der Waals surface area contributed by atoms with Crippen LogP contribution in [0, 0.1) is 0 Å². The highest BCUT2D eigenvalue weighted by Crippen LogP contribution is 2.14. The molecule has 0 aliphatic heterocycles. The molecule has 0 heterocycles. The monoisotopic (exact) mass is 908 g/mol. The van der Waals surface area contributed by atoms with Gasteiger partial charge < -0.3 is 28.6 Å². The standard InChI is InChI=1S/C57H97NO7/c1-6-8-10-12-14-16-18-20-22-24-26-27-28-29-30-32-33-35-37-39-41-43-45-47-55(59)64-52-53(51-63-50-49-54(57(61)62)58(3,4)5)65-56(60)48-46-44-42-40-38-36-34-31-25-23-21-19-17-15-13-11-9-7-2/h8,10,14,16,20,22,26-27,29-31,33-35,53-54H,6-7,9,11-13,15,17-19,21,23-25,28,32,36-52H2,1-5H3/b10-8+,16-14+,22-20+,27-26+,30-29+,34-31+,35-33+. The van der Waals surface area contributed by atoms with Crippen molar-refractivity contribution in [3.8, 4) is 0 Å². The van der Waals surface area contributed by atoms with Gasteiger partial charge >= 0.3 is 11.9 Å². The van der Waals surface area contributed by atoms with Gasteiger partial charge in [-0.15, -0.1) is 0 Å². The van der Waals surface area contributed by atoms with E-state index in [-0.39, 0.29) is 42.7 Å². The predicted molar refractivity (Wildman–Crippen MR) is 272 cm³/mol. The number of hydrogen-bond acceptors (Lipinski definition) is 7. The number of esters is 2. The first-order valence-corrected chi connectivity index (χ1v) is 26.1. The summed E-state index contributed by atoms with van der Waals surface area (Å²) in [6.45, 7) is 4.52. The average Bonchev–Trinajstić information content (AvgIpc) is 3.27. The molecule has 0 aliphatic rings. The van der Waals surface area contributed by atoms with Crippen LogP contribution < -0.4 is 5.11 Å². The molecule has 0 bridgehead atoms. The van der Waals surface area contributed by atoms with Crippen LogP contribution in [0.15, 0.2) is 85.1 Å². The number of ether oxygens (including phenoxy) is 3. The topological polar surface area (TPSA) is 102 Å². The van der Waals surface area contributed by atoms with Crippen molar-refractivity contribution in [2.45, 2.75) is 219 Å². The fourth-order valence-corrected chi connectivity index (χ4v) is 7.25. The van der Waals surface area contributed by atoms with Crippen molar-refractivity contribution in [2.75, 3.05) is 41.0 Å². The number of carboxylic acids is 1. The molecule has 0 saturated carbocycles. The van der Waals surface area contributed by atoms with Crippen molar-refractivity contribution in [3.63, 3.8) is 0 Å². The van der Waals surface area contributed by atoms with Crippen molar-refractivity contribution < 1.29 is 38.2 Å². The van der Waals surface area contributed by atoms with Crippen LogP contribution in [0.4, 0.5) is 0 Å². The highest BCUT2D eigenvalue weighted by molar-refractivity contribution is 5.70. The van der Waals surface area contributed by atoms with E-state index in [1.54, 1.807) is 21.1 Å². The molecule has 0 spiro atoms. The summed E-state index contributed by atoms with van der Waals surface area (Å²) in [5.74, 6) is -1.78. The van der Waals surface area contributed by atoms with Crippen molar-refractivity contribution in [3.05, 3.63) is 85.1 Å². The molecule has 0 aromatic carbocycles. The van der Waals surface area contributed by atoms with E-state index < -0.39 is 18.1 Å². The third-order valence-electron chi connectivity index (χ3n) is 11.3. The SMILES string of the molecule is CC/C=C/C/C=C/C/C=C/C/C=C/C/C=C/C/C=C/CCCCCCC(=O)OCC(COCCC(C(=O)[O-])[N+](C)(C)C)OC(=O)CCCCCCC/C=C/CCCCCCCCCCC. The molecule has 65 heavy (non-hydrogen) atoms. The van der Waals surface area contributed by atoms with Gasteiger partial charge in [0.2, 0.25) is 0 Å². The number of nitrogens with zero attached hydrogens (tertiary/aromatic N) is 1. The van der Waals surface area contributed by atoms with Crippen LogP contribution in [0.5, 0.6) is 0 Å². The maximum absolute atomic E-state index is 12.8. The number of aliphatic carboxylic acids is 1. The summed E-state index contributed by atoms with van der Waals surface area (Å²) in [7, 11) is 5.40. The number of carboxylic acid groups (broad SMARTS) is 1. The lowest BCUT2D eigenvalue weighted by Crippen LogP contribution is -2.55. The number of carbonyl (C=O) groups is 3. The molecule has 0 amide bonds. The summed E-state index contributed by atoms with van der Waals surface area (Å²) in [4.78, 5) is 37.1. The van der Waals surface area contributed by atoms with Gasteiger partial charge in [-0.1, -0.05) is 182 Å². The first-order valence-electron chi connectivity index (χ1n) is 26.1. The van der Waals surface area contributed by atoms with E-state index >= 15 is 0 Å². The predicted octanol–water partition coefficient (Wildman–Crippen LogP) is 13.9. The van der Waals surface area contributed by atoms with Gasteiger partial charge in [-0.2, -0.15) is 0 Å². The van der Waals surface area contributed by atoms with Crippen LogP contribution >= 0.6 is 0 Å². The molecule has 0 fully saturated rings. The van der Waals surface area contributed by atoms with Crippen LogP contribution in [-0.2, 0) is 28.6 Å². The van der Waals surface area contributed by atoms with E-state index in [0.717, 1.165) is 103 Å². The lowest BCUT2D eigenvalue weighted by atomic mass is 10.1. The van der Waals surface area contributed by atoms with E-state index in [1.807, 2.05) is 0 Å². The van der Waals surface area contributed by atoms with Crippen LogP contribution in [0.25, 0.3) is 0 Å². The molecule has 0 radical (unpaired) electrons. The second-order valence-corrected chi connectivity index (χ2v) is 18.4. The molecular weight excluding hydrogens is 811 g/mol. The van der Waals surface area contributed by atoms with Gasteiger partial charge in [-0.3, -0.25) is 9.59 Å². The zero-order valence-corrected chi connectivity index (χ0v) is 42.4. The molecule has 8 nitrogen and oxygen atoms in total. The Balaban J connectivity index is 4.32. The Bertz CT molecular complexity index is 1330. The Hall–Kier alpha value is -3.49. The summed E-state index contributed by atoms with van der Waals surface area (Å²) < 4.78 is 17.2. The molecule has 0 rings (SSSR count). The van der Waals surface area contributed by atoms with Crippen molar-refractivity contribution in [2.24, 2.45) is 0 Å². The van der Waals surface area contributed by atoms with E-state index in [0.29, 0.717) is 12.8 Å². The Morgan fingerprint density at radius 2 is 0.862 bits per heavy atom. The highest BCUT2D eigenvalue weighted by Gasteiger charge is 2.25. The van der Waals surface area contributed by atoms with E-state index in [9.17, 15) is 19.5 Å². The fraction of sp³-hybridized carbons (Fsp3) is 0.702. The highest BCUT2D eigenvalue weighted by atomic mass is 16.6. The lowest BCUT2D eigenvalue weighted by Gasteiger charge is -2.34. The van der Waals surface area contributed by atoms with Gasteiger partial charge in [-0.05, 0) is 89.9 Å². The van der Waals surface area contributed by atoms with Crippen molar-refractivity contribution in [1.29, 1.82) is 0 Å². The minimum atomic E-state index is -1.13. The summed E-state index contributed by atoms with van der Waals surface area (Å²) in [6.07, 6.45) is 61.8. The summed E-state index contributed by atoms with van der Waals surface area (Å²) in [6, 6.07) is -0.736. The Labute approximate surface area is 399 Å². The Morgan fingerprint density at radius 3 is 1.29 bits per heavy atom. The number of carbonyl (C=O) groups excluding carboxylic acids is 3. The normalized spacial score (nSPS) is 13.6. The smallest absolute Gasteiger partial charge is 0.306 e. The maximum atomic E-state index is 12.8. The van der Waals surface area contributed by atoms with Crippen LogP contribution in [0.3, 0.4) is 0 Å². The van der Waals surface area contributed by atoms with Gasteiger partial charge in [0.25, 0.3) is 0 Å². The lowest BCUT2D eigenvalue weighted by molar-refractivity contribution is -0.889. The first-order chi connectivity index (χ1) is 31.6. The Kier molecular flexibility index (Phi) is 44.5. The number of unbranched alkanes of at least 4 members (excludes halogenated alkanes) is 18.